The highest BCUT2D eigenvalue weighted by Crippen LogP contribution is 2.31. The fourth-order valence-electron chi connectivity index (χ4n) is 1.96. The van der Waals surface area contributed by atoms with E-state index in [4.69, 9.17) is 9.47 Å². The Hall–Kier alpha value is -0.870. The maximum Gasteiger partial charge on any atom is 0.127 e. The summed E-state index contributed by atoms with van der Waals surface area (Å²) < 4.78 is 10.7. The Morgan fingerprint density at radius 1 is 1.20 bits per heavy atom. The number of hydrogen-bond donors (Lipinski definition) is 1. The van der Waals surface area contributed by atoms with Crippen LogP contribution in [0.25, 0.3) is 0 Å². The fourth-order valence-corrected chi connectivity index (χ4v) is 3.34. The molecule has 0 saturated carbocycles. The van der Waals surface area contributed by atoms with Gasteiger partial charge < -0.3 is 14.8 Å². The second-order valence-electron chi connectivity index (χ2n) is 5.21. The first-order valence-electron chi connectivity index (χ1n) is 7.09. The molecule has 0 aliphatic rings. The molecule has 0 aromatic heterocycles. The molecule has 1 aromatic rings. The highest BCUT2D eigenvalue weighted by atomic mass is 32.2. The van der Waals surface area contributed by atoms with Gasteiger partial charge in [-0.15, -0.1) is 0 Å². The summed E-state index contributed by atoms with van der Waals surface area (Å²) in [5.41, 5.74) is 1.19. The van der Waals surface area contributed by atoms with E-state index < -0.39 is 0 Å². The highest BCUT2D eigenvalue weighted by Gasteiger charge is 2.15. The molecular formula is C16H27NO2S. The lowest BCUT2D eigenvalue weighted by molar-refractivity contribution is 0.387. The molecule has 20 heavy (non-hydrogen) atoms. The monoisotopic (exact) mass is 297 g/mol. The zero-order valence-corrected chi connectivity index (χ0v) is 14.0. The molecule has 0 radical (unpaired) electrons. The summed E-state index contributed by atoms with van der Waals surface area (Å²) in [6.07, 6.45) is 1.26. The van der Waals surface area contributed by atoms with Crippen molar-refractivity contribution in [3.63, 3.8) is 0 Å². The van der Waals surface area contributed by atoms with E-state index in [0.29, 0.717) is 6.04 Å². The minimum Gasteiger partial charge on any atom is -0.497 e. The lowest BCUT2D eigenvalue weighted by atomic mass is 10.1. The fraction of sp³-hybridized carbons (Fsp3) is 0.625. The first kappa shape index (κ1) is 17.2. The minimum absolute atomic E-state index is 0.299. The number of nitrogens with one attached hydrogen (secondary N) is 1. The first-order valence-corrected chi connectivity index (χ1v) is 8.24. The number of ether oxygens (including phenoxy) is 2. The molecule has 0 amide bonds. The summed E-state index contributed by atoms with van der Waals surface area (Å²) in [6, 6.07) is 6.31. The van der Waals surface area contributed by atoms with Gasteiger partial charge in [0.05, 0.1) is 14.2 Å². The topological polar surface area (TPSA) is 30.5 Å². The average molecular weight is 297 g/mol. The van der Waals surface area contributed by atoms with Crippen molar-refractivity contribution in [2.24, 2.45) is 5.92 Å². The van der Waals surface area contributed by atoms with Crippen molar-refractivity contribution < 1.29 is 9.47 Å². The third-order valence-corrected chi connectivity index (χ3v) is 4.38. The molecule has 1 aromatic carbocycles. The van der Waals surface area contributed by atoms with E-state index in [1.165, 1.54) is 17.7 Å². The van der Waals surface area contributed by atoms with Crippen molar-refractivity contribution in [1.29, 1.82) is 0 Å². The van der Waals surface area contributed by atoms with Crippen LogP contribution in [0.15, 0.2) is 18.2 Å². The van der Waals surface area contributed by atoms with E-state index in [0.717, 1.165) is 23.2 Å². The summed E-state index contributed by atoms with van der Waals surface area (Å²) in [6.45, 7) is 4.53. The van der Waals surface area contributed by atoms with Gasteiger partial charge in [0, 0.05) is 23.4 Å². The number of methoxy groups -OCH3 is 2. The Kier molecular flexibility index (Phi) is 7.85. The Morgan fingerprint density at radius 3 is 2.50 bits per heavy atom. The van der Waals surface area contributed by atoms with Gasteiger partial charge in [0.25, 0.3) is 0 Å². The number of benzene rings is 1. The van der Waals surface area contributed by atoms with Crippen LogP contribution in [0.4, 0.5) is 0 Å². The van der Waals surface area contributed by atoms with Crippen molar-refractivity contribution >= 4 is 11.8 Å². The largest absolute Gasteiger partial charge is 0.497 e. The summed E-state index contributed by atoms with van der Waals surface area (Å²) in [5.74, 6) is 4.73. The van der Waals surface area contributed by atoms with E-state index in [-0.39, 0.29) is 0 Å². The third-order valence-electron chi connectivity index (χ3n) is 3.29. The van der Waals surface area contributed by atoms with Gasteiger partial charge in [-0.1, -0.05) is 19.9 Å². The molecule has 0 fully saturated rings. The zero-order valence-electron chi connectivity index (χ0n) is 13.2. The maximum atomic E-state index is 5.49. The first-order chi connectivity index (χ1) is 9.62. The van der Waals surface area contributed by atoms with Crippen LogP contribution in [-0.2, 0) is 0 Å². The van der Waals surface area contributed by atoms with Gasteiger partial charge in [0.2, 0.25) is 0 Å². The smallest absolute Gasteiger partial charge is 0.127 e. The van der Waals surface area contributed by atoms with Crippen LogP contribution in [-0.4, -0.2) is 32.8 Å². The summed E-state index contributed by atoms with van der Waals surface area (Å²) >= 11 is 1.99. The molecule has 1 unspecified atom stereocenters. The number of thioether (sulfide) groups is 1. The molecule has 3 nitrogen and oxygen atoms in total. The predicted octanol–water partition coefficient (Wildman–Crippen LogP) is 3.74. The van der Waals surface area contributed by atoms with E-state index in [1.54, 1.807) is 14.2 Å². The van der Waals surface area contributed by atoms with Crippen molar-refractivity contribution in [1.82, 2.24) is 5.32 Å². The van der Waals surface area contributed by atoms with Crippen LogP contribution in [0.2, 0.25) is 0 Å². The quantitative estimate of drug-likeness (QED) is 0.703. The van der Waals surface area contributed by atoms with Gasteiger partial charge in [-0.2, -0.15) is 11.8 Å². The van der Waals surface area contributed by atoms with Crippen molar-refractivity contribution in [3.8, 4) is 11.5 Å². The summed E-state index contributed by atoms with van der Waals surface area (Å²) in [5, 5.41) is 3.38. The Balaban J connectivity index is 2.68. The molecule has 0 aliphatic heterocycles. The lowest BCUT2D eigenvalue weighted by Crippen LogP contribution is -2.19. The molecular weight excluding hydrogens is 270 g/mol. The number of hydrogen-bond acceptors (Lipinski definition) is 4. The molecule has 1 atom stereocenters. The standard InChI is InChI=1S/C16H27NO2S/c1-12(2)8-9-20-11-15(17-3)14-7-6-13(18-4)10-16(14)19-5/h6-7,10,12,15,17H,8-9,11H2,1-5H3. The van der Waals surface area contributed by atoms with Gasteiger partial charge in [0.15, 0.2) is 0 Å². The second kappa shape index (κ2) is 9.14. The van der Waals surface area contributed by atoms with Gasteiger partial charge in [-0.3, -0.25) is 0 Å². The van der Waals surface area contributed by atoms with Gasteiger partial charge in [0.1, 0.15) is 11.5 Å². The van der Waals surface area contributed by atoms with Crippen LogP contribution in [0, 0.1) is 5.92 Å². The van der Waals surface area contributed by atoms with E-state index in [1.807, 2.05) is 30.9 Å². The molecule has 114 valence electrons. The van der Waals surface area contributed by atoms with E-state index in [2.05, 4.69) is 25.2 Å². The minimum atomic E-state index is 0.299. The third kappa shape index (κ3) is 5.25. The molecule has 0 saturated heterocycles. The van der Waals surface area contributed by atoms with Crippen molar-refractivity contribution in [3.05, 3.63) is 23.8 Å². The van der Waals surface area contributed by atoms with Crippen molar-refractivity contribution in [2.45, 2.75) is 26.3 Å². The van der Waals surface area contributed by atoms with E-state index in [9.17, 15) is 0 Å². The molecule has 0 bridgehead atoms. The molecule has 0 spiro atoms. The van der Waals surface area contributed by atoms with Gasteiger partial charge in [-0.05, 0) is 31.2 Å². The zero-order chi connectivity index (χ0) is 15.0. The van der Waals surface area contributed by atoms with Crippen LogP contribution >= 0.6 is 11.8 Å². The summed E-state index contributed by atoms with van der Waals surface area (Å²) in [7, 11) is 5.38. The average Bonchev–Trinajstić information content (AvgIpc) is 2.46. The molecule has 1 N–H and O–H groups in total. The normalized spacial score (nSPS) is 12.5. The molecule has 4 heteroatoms. The van der Waals surface area contributed by atoms with Crippen LogP contribution < -0.4 is 14.8 Å². The van der Waals surface area contributed by atoms with Crippen LogP contribution in [0.3, 0.4) is 0 Å². The second-order valence-corrected chi connectivity index (χ2v) is 6.36. The van der Waals surface area contributed by atoms with Crippen LogP contribution in [0.1, 0.15) is 31.9 Å². The Morgan fingerprint density at radius 2 is 1.95 bits per heavy atom. The van der Waals surface area contributed by atoms with E-state index >= 15 is 0 Å². The Bertz CT molecular complexity index is 396. The van der Waals surface area contributed by atoms with Crippen LogP contribution in [0.5, 0.6) is 11.5 Å². The predicted molar refractivity (Wildman–Crippen MR) is 88.1 cm³/mol. The van der Waals surface area contributed by atoms with Gasteiger partial charge >= 0.3 is 0 Å². The molecule has 0 aliphatic carbocycles. The Labute approximate surface area is 127 Å². The molecule has 1 rings (SSSR count). The summed E-state index contributed by atoms with van der Waals surface area (Å²) in [4.78, 5) is 0. The maximum absolute atomic E-state index is 5.49. The lowest BCUT2D eigenvalue weighted by Gasteiger charge is -2.20. The van der Waals surface area contributed by atoms with Gasteiger partial charge in [-0.25, -0.2) is 0 Å². The van der Waals surface area contributed by atoms with Crippen molar-refractivity contribution in [2.75, 3.05) is 32.8 Å². The molecule has 0 heterocycles. The SMILES string of the molecule is CNC(CSCCC(C)C)c1ccc(OC)cc1OC. The number of rotatable bonds is 9. The highest BCUT2D eigenvalue weighted by molar-refractivity contribution is 7.99.